The summed E-state index contributed by atoms with van der Waals surface area (Å²) in [6, 6.07) is 0. The van der Waals surface area contributed by atoms with Crippen molar-refractivity contribution in [2.24, 2.45) is 23.7 Å². The average molecular weight is 296 g/mol. The van der Waals surface area contributed by atoms with E-state index >= 15 is 0 Å². The topological polar surface area (TPSA) is 36.9 Å². The van der Waals surface area contributed by atoms with Gasteiger partial charge in [0.1, 0.15) is 5.60 Å². The van der Waals surface area contributed by atoms with Crippen molar-refractivity contribution in [3.05, 3.63) is 0 Å². The van der Waals surface area contributed by atoms with Crippen LogP contribution in [0.5, 0.6) is 0 Å². The highest BCUT2D eigenvalue weighted by Crippen LogP contribution is 2.63. The van der Waals surface area contributed by atoms with Crippen LogP contribution < -0.4 is 0 Å². The second-order valence-electron chi connectivity index (χ2n) is 7.66. The highest BCUT2D eigenvalue weighted by atomic mass is 16.9. The highest BCUT2D eigenvalue weighted by Gasteiger charge is 2.71. The van der Waals surface area contributed by atoms with Crippen molar-refractivity contribution in [2.75, 3.05) is 6.61 Å². The van der Waals surface area contributed by atoms with Gasteiger partial charge in [0.25, 0.3) is 0 Å². The summed E-state index contributed by atoms with van der Waals surface area (Å²) in [5.74, 6) is 1.63. The molecule has 4 fully saturated rings. The van der Waals surface area contributed by atoms with Gasteiger partial charge < -0.3 is 18.9 Å². The summed E-state index contributed by atoms with van der Waals surface area (Å²) in [6.45, 7) is 9.42. The van der Waals surface area contributed by atoms with Gasteiger partial charge >= 0.3 is 0 Å². The molecule has 8 atom stereocenters. The summed E-state index contributed by atoms with van der Waals surface area (Å²) in [6.07, 6.45) is 4.24. The first-order valence-corrected chi connectivity index (χ1v) is 8.65. The van der Waals surface area contributed by atoms with Gasteiger partial charge in [-0.2, -0.15) is 0 Å². The summed E-state index contributed by atoms with van der Waals surface area (Å²) >= 11 is 0. The number of fused-ring (bicyclic) bond motifs is 1. The van der Waals surface area contributed by atoms with Crippen LogP contribution in [0.3, 0.4) is 0 Å². The Bertz CT molecular complexity index is 427. The predicted molar refractivity (Wildman–Crippen MR) is 77.4 cm³/mol. The minimum Gasteiger partial charge on any atom is -0.353 e. The Morgan fingerprint density at radius 2 is 1.95 bits per heavy atom. The molecular formula is C17H28O4. The maximum Gasteiger partial charge on any atom is 0.193 e. The van der Waals surface area contributed by atoms with E-state index in [-0.39, 0.29) is 18.2 Å². The van der Waals surface area contributed by atoms with Crippen molar-refractivity contribution in [2.45, 2.75) is 77.3 Å². The monoisotopic (exact) mass is 296 g/mol. The van der Waals surface area contributed by atoms with Crippen LogP contribution in [0.15, 0.2) is 0 Å². The zero-order valence-electron chi connectivity index (χ0n) is 13.6. The molecule has 1 spiro atoms. The van der Waals surface area contributed by atoms with Gasteiger partial charge in [0.2, 0.25) is 0 Å². The van der Waals surface area contributed by atoms with E-state index in [4.69, 9.17) is 18.9 Å². The van der Waals surface area contributed by atoms with Gasteiger partial charge in [-0.3, -0.25) is 0 Å². The Hall–Kier alpha value is -0.160. The molecule has 3 aliphatic heterocycles. The normalized spacial score (nSPS) is 58.9. The van der Waals surface area contributed by atoms with Crippen LogP contribution in [0.2, 0.25) is 0 Å². The smallest absolute Gasteiger partial charge is 0.193 e. The maximum absolute atomic E-state index is 6.61. The van der Waals surface area contributed by atoms with E-state index < -0.39 is 5.79 Å². The molecule has 0 radical (unpaired) electrons. The van der Waals surface area contributed by atoms with Gasteiger partial charge in [-0.25, -0.2) is 0 Å². The molecular weight excluding hydrogens is 268 g/mol. The van der Waals surface area contributed by atoms with E-state index in [2.05, 4.69) is 20.8 Å². The molecule has 4 aliphatic rings. The van der Waals surface area contributed by atoms with Crippen LogP contribution in [-0.4, -0.2) is 30.6 Å². The van der Waals surface area contributed by atoms with Gasteiger partial charge in [0.05, 0.1) is 0 Å². The molecule has 1 saturated carbocycles. The third-order valence-corrected chi connectivity index (χ3v) is 6.46. The van der Waals surface area contributed by atoms with E-state index in [1.807, 2.05) is 6.92 Å². The van der Waals surface area contributed by atoms with Crippen LogP contribution in [0.25, 0.3) is 0 Å². The average Bonchev–Trinajstić information content (AvgIpc) is 2.65. The highest BCUT2D eigenvalue weighted by molar-refractivity contribution is 5.12. The van der Waals surface area contributed by atoms with Gasteiger partial charge in [-0.05, 0) is 44.9 Å². The van der Waals surface area contributed by atoms with Crippen LogP contribution in [0.4, 0.5) is 0 Å². The molecule has 4 rings (SSSR count). The minimum atomic E-state index is -0.461. The van der Waals surface area contributed by atoms with Gasteiger partial charge in [-0.1, -0.05) is 13.8 Å². The van der Waals surface area contributed by atoms with Crippen molar-refractivity contribution in [3.63, 3.8) is 0 Å². The molecule has 1 aliphatic carbocycles. The third kappa shape index (κ3) is 1.82. The maximum atomic E-state index is 6.61. The number of rotatable bonds is 2. The molecule has 3 heterocycles. The Labute approximate surface area is 127 Å². The van der Waals surface area contributed by atoms with Crippen molar-refractivity contribution in [1.29, 1.82) is 0 Å². The van der Waals surface area contributed by atoms with Crippen molar-refractivity contribution in [1.82, 2.24) is 0 Å². The molecule has 0 aromatic heterocycles. The SMILES string of the molecule is CCO[C@@H]1O[C@@H]2O[C@@]3(C)CC[C@H]4[C@H](C)CC[C@@H]([C@H]1C)[C@@]24O3. The number of hydrogen-bond acceptors (Lipinski definition) is 4. The first kappa shape index (κ1) is 14.4. The van der Waals surface area contributed by atoms with E-state index in [9.17, 15) is 0 Å². The molecule has 0 aromatic carbocycles. The summed E-state index contributed by atoms with van der Waals surface area (Å²) < 4.78 is 25.0. The molecule has 4 heteroatoms. The second-order valence-corrected chi connectivity index (χ2v) is 7.66. The van der Waals surface area contributed by atoms with Gasteiger partial charge in [0, 0.05) is 24.9 Å². The van der Waals surface area contributed by atoms with Gasteiger partial charge in [-0.15, -0.1) is 0 Å². The molecule has 0 amide bonds. The fraction of sp³-hybridized carbons (Fsp3) is 1.00. The molecule has 0 aromatic rings. The molecule has 21 heavy (non-hydrogen) atoms. The van der Waals surface area contributed by atoms with Crippen molar-refractivity contribution < 1.29 is 18.9 Å². The van der Waals surface area contributed by atoms with E-state index in [0.717, 1.165) is 6.42 Å². The lowest BCUT2D eigenvalue weighted by molar-refractivity contribution is -0.336. The molecule has 120 valence electrons. The lowest BCUT2D eigenvalue weighted by Crippen LogP contribution is -2.66. The summed E-state index contributed by atoms with van der Waals surface area (Å²) in [7, 11) is 0. The lowest BCUT2D eigenvalue weighted by atomic mass is 9.57. The number of ether oxygens (including phenoxy) is 4. The second kappa shape index (κ2) is 4.67. The minimum absolute atomic E-state index is 0.156. The summed E-state index contributed by atoms with van der Waals surface area (Å²) in [5.41, 5.74) is -0.238. The zero-order valence-corrected chi connectivity index (χ0v) is 13.6. The lowest BCUT2D eigenvalue weighted by Gasteiger charge is -2.58. The van der Waals surface area contributed by atoms with Crippen LogP contribution in [0.1, 0.15) is 53.4 Å². The quantitative estimate of drug-likeness (QED) is 0.783. The Morgan fingerprint density at radius 1 is 1.14 bits per heavy atom. The number of hydrogen-bond donors (Lipinski definition) is 0. The summed E-state index contributed by atoms with van der Waals surface area (Å²) in [5, 5.41) is 0. The standard InChI is InChI=1S/C17H28O4/c1-5-18-14-11(3)13-7-6-10(2)12-8-9-16(4)20-15(19-14)17(12,13)21-16/h10-15H,5-9H2,1-4H3/t10-,11-,12+,13+,14-,15-,16-,17-/m1/s1. The predicted octanol–water partition coefficient (Wildman–Crippen LogP) is 3.30. The van der Waals surface area contributed by atoms with Crippen LogP contribution >= 0.6 is 0 Å². The molecule has 3 saturated heterocycles. The first-order valence-electron chi connectivity index (χ1n) is 8.65. The fourth-order valence-corrected chi connectivity index (χ4v) is 5.49. The van der Waals surface area contributed by atoms with Crippen LogP contribution in [0, 0.1) is 23.7 Å². The van der Waals surface area contributed by atoms with Crippen molar-refractivity contribution >= 4 is 0 Å². The van der Waals surface area contributed by atoms with E-state index in [1.165, 1.54) is 19.3 Å². The largest absolute Gasteiger partial charge is 0.353 e. The van der Waals surface area contributed by atoms with E-state index in [1.54, 1.807) is 0 Å². The molecule has 0 unspecified atom stereocenters. The molecule has 0 N–H and O–H groups in total. The summed E-state index contributed by atoms with van der Waals surface area (Å²) in [4.78, 5) is 0. The van der Waals surface area contributed by atoms with E-state index in [0.29, 0.717) is 30.3 Å². The molecule has 4 nitrogen and oxygen atoms in total. The fourth-order valence-electron chi connectivity index (χ4n) is 5.49. The Balaban J connectivity index is 1.74. The van der Waals surface area contributed by atoms with Crippen LogP contribution in [-0.2, 0) is 18.9 Å². The first-order chi connectivity index (χ1) is 10.00. The zero-order chi connectivity index (χ0) is 14.8. The van der Waals surface area contributed by atoms with Gasteiger partial charge in [0.15, 0.2) is 18.4 Å². The van der Waals surface area contributed by atoms with Crippen molar-refractivity contribution in [3.8, 4) is 0 Å². The Morgan fingerprint density at radius 3 is 2.71 bits per heavy atom. The third-order valence-electron chi connectivity index (χ3n) is 6.46. The Kier molecular flexibility index (Phi) is 3.21. The molecule has 2 bridgehead atoms.